The van der Waals surface area contributed by atoms with Gasteiger partial charge in [0.15, 0.2) is 5.78 Å². The second-order valence-corrected chi connectivity index (χ2v) is 7.22. The first kappa shape index (κ1) is 14.7. The molecule has 25 heavy (non-hydrogen) atoms. The van der Waals surface area contributed by atoms with Crippen LogP contribution in [0.2, 0.25) is 0 Å². The van der Waals surface area contributed by atoms with Crippen LogP contribution in [0.25, 0.3) is 32.3 Å². The maximum absolute atomic E-state index is 12.1. The Kier molecular flexibility index (Phi) is 3.21. The fraction of sp³-hybridized carbons (Fsp3) is 0.261. The lowest BCUT2D eigenvalue weighted by molar-refractivity contribution is 0.101. The minimum atomic E-state index is 0.134. The maximum Gasteiger partial charge on any atom is 0.160 e. The molecule has 0 bridgehead atoms. The van der Waals surface area contributed by atoms with Gasteiger partial charge in [-0.1, -0.05) is 42.5 Å². The zero-order valence-electron chi connectivity index (χ0n) is 14.5. The van der Waals surface area contributed by atoms with Crippen LogP contribution in [0.1, 0.15) is 36.5 Å². The van der Waals surface area contributed by atoms with Gasteiger partial charge in [-0.15, -0.1) is 0 Å². The lowest BCUT2D eigenvalue weighted by Crippen LogP contribution is -2.29. The molecule has 0 aliphatic carbocycles. The number of hydrogen-bond donors (Lipinski definition) is 0. The number of carbonyl (C=O) groups is 1. The smallest absolute Gasteiger partial charge is 0.160 e. The van der Waals surface area contributed by atoms with Crippen molar-refractivity contribution in [2.45, 2.75) is 26.2 Å². The van der Waals surface area contributed by atoms with Gasteiger partial charge in [0.25, 0.3) is 0 Å². The van der Waals surface area contributed by atoms with Crippen molar-refractivity contribution in [3.05, 3.63) is 54.1 Å². The Bertz CT molecular complexity index is 1110. The van der Waals surface area contributed by atoms with Crippen LogP contribution in [0, 0.1) is 0 Å². The molecule has 1 fully saturated rings. The molecular weight excluding hydrogens is 306 g/mol. The number of piperidine rings is 1. The highest BCUT2D eigenvalue weighted by Crippen LogP contribution is 2.40. The molecule has 1 aliphatic rings. The Balaban J connectivity index is 1.89. The lowest BCUT2D eigenvalue weighted by Gasteiger charge is -2.30. The Hall–Kier alpha value is -2.61. The molecule has 1 heterocycles. The average Bonchev–Trinajstić information content (AvgIpc) is 2.66. The van der Waals surface area contributed by atoms with Gasteiger partial charge in [0.05, 0.1) is 0 Å². The van der Waals surface area contributed by atoms with Gasteiger partial charge in [-0.2, -0.15) is 0 Å². The molecule has 5 rings (SSSR count). The normalized spacial score (nSPS) is 15.5. The maximum atomic E-state index is 12.1. The van der Waals surface area contributed by atoms with Gasteiger partial charge in [0.1, 0.15) is 0 Å². The van der Waals surface area contributed by atoms with E-state index in [1.165, 1.54) is 51.9 Å². The van der Waals surface area contributed by atoms with Crippen LogP contribution in [0.15, 0.2) is 48.5 Å². The van der Waals surface area contributed by atoms with E-state index >= 15 is 0 Å². The summed E-state index contributed by atoms with van der Waals surface area (Å²) in [5.41, 5.74) is 2.17. The number of Topliss-reactive ketones (excluding diaryl/α,β-unsaturated/α-hetero) is 1. The molecule has 1 aliphatic heterocycles. The minimum Gasteiger partial charge on any atom is -0.371 e. The van der Waals surface area contributed by atoms with Crippen LogP contribution in [0.3, 0.4) is 0 Å². The topological polar surface area (TPSA) is 20.3 Å². The monoisotopic (exact) mass is 327 g/mol. The summed E-state index contributed by atoms with van der Waals surface area (Å²) in [5.74, 6) is 0.134. The van der Waals surface area contributed by atoms with Crippen LogP contribution >= 0.6 is 0 Å². The highest BCUT2D eigenvalue weighted by atomic mass is 16.1. The molecule has 0 saturated carbocycles. The van der Waals surface area contributed by atoms with Gasteiger partial charge < -0.3 is 4.90 Å². The first-order valence-corrected chi connectivity index (χ1v) is 9.20. The molecule has 2 heteroatoms. The van der Waals surface area contributed by atoms with Gasteiger partial charge in [-0.05, 0) is 59.2 Å². The van der Waals surface area contributed by atoms with Crippen LogP contribution < -0.4 is 4.90 Å². The Labute approximate surface area is 147 Å². The van der Waals surface area contributed by atoms with Crippen molar-refractivity contribution >= 4 is 43.8 Å². The van der Waals surface area contributed by atoms with Crippen LogP contribution in [0.4, 0.5) is 5.69 Å². The summed E-state index contributed by atoms with van der Waals surface area (Å²) >= 11 is 0. The zero-order valence-corrected chi connectivity index (χ0v) is 14.5. The Morgan fingerprint density at radius 3 is 2.08 bits per heavy atom. The third-order valence-corrected chi connectivity index (χ3v) is 5.72. The number of ketones is 1. The van der Waals surface area contributed by atoms with E-state index in [1.807, 2.05) is 6.07 Å². The van der Waals surface area contributed by atoms with Crippen molar-refractivity contribution in [2.24, 2.45) is 0 Å². The standard InChI is InChI=1S/C23H21NO/c1-15(25)18-9-7-16-5-6-17-8-12-21(24-13-3-2-4-14-24)20-11-10-19(18)22(16)23(17)20/h5-12H,2-4,13-14H2,1H3. The summed E-state index contributed by atoms with van der Waals surface area (Å²) in [6, 6.07) is 17.3. The van der Waals surface area contributed by atoms with E-state index in [1.54, 1.807) is 6.92 Å². The second kappa shape index (κ2) is 5.45. The summed E-state index contributed by atoms with van der Waals surface area (Å²) in [4.78, 5) is 14.6. The van der Waals surface area contributed by atoms with Crippen molar-refractivity contribution in [3.63, 3.8) is 0 Å². The fourth-order valence-electron chi connectivity index (χ4n) is 4.50. The second-order valence-electron chi connectivity index (χ2n) is 7.22. The highest BCUT2D eigenvalue weighted by molar-refractivity contribution is 6.28. The van der Waals surface area contributed by atoms with E-state index in [9.17, 15) is 4.79 Å². The lowest BCUT2D eigenvalue weighted by atomic mass is 9.90. The zero-order chi connectivity index (χ0) is 17.0. The molecule has 4 aromatic rings. The summed E-state index contributed by atoms with van der Waals surface area (Å²) < 4.78 is 0. The molecule has 0 amide bonds. The minimum absolute atomic E-state index is 0.134. The first-order valence-electron chi connectivity index (χ1n) is 9.20. The molecule has 0 N–H and O–H groups in total. The van der Waals surface area contributed by atoms with Crippen molar-refractivity contribution in [2.75, 3.05) is 18.0 Å². The number of hydrogen-bond acceptors (Lipinski definition) is 2. The largest absolute Gasteiger partial charge is 0.371 e. The van der Waals surface area contributed by atoms with E-state index in [2.05, 4.69) is 47.4 Å². The summed E-state index contributed by atoms with van der Waals surface area (Å²) in [6.45, 7) is 3.94. The number of benzene rings is 4. The molecule has 124 valence electrons. The molecule has 0 spiro atoms. The summed E-state index contributed by atoms with van der Waals surface area (Å²) in [5, 5.41) is 7.42. The number of nitrogens with zero attached hydrogens (tertiary/aromatic N) is 1. The summed E-state index contributed by atoms with van der Waals surface area (Å²) in [6.07, 6.45) is 3.89. The molecule has 4 aromatic carbocycles. The predicted molar refractivity (Wildman–Crippen MR) is 106 cm³/mol. The van der Waals surface area contributed by atoms with Gasteiger partial charge in [-0.25, -0.2) is 0 Å². The highest BCUT2D eigenvalue weighted by Gasteiger charge is 2.18. The predicted octanol–water partition coefficient (Wildman–Crippen LogP) is 5.78. The molecule has 0 unspecified atom stereocenters. The fourth-order valence-corrected chi connectivity index (χ4v) is 4.50. The SMILES string of the molecule is CC(=O)c1ccc2ccc3ccc(N4CCCCC4)c4ccc1c2c34. The third kappa shape index (κ3) is 2.13. The average molecular weight is 327 g/mol. The van der Waals surface area contributed by atoms with Crippen LogP contribution in [0.5, 0.6) is 0 Å². The van der Waals surface area contributed by atoms with Gasteiger partial charge in [-0.3, -0.25) is 4.79 Å². The molecule has 0 atom stereocenters. The van der Waals surface area contributed by atoms with Crippen molar-refractivity contribution in [1.29, 1.82) is 0 Å². The van der Waals surface area contributed by atoms with Crippen molar-refractivity contribution < 1.29 is 4.79 Å². The summed E-state index contributed by atoms with van der Waals surface area (Å²) in [7, 11) is 0. The Morgan fingerprint density at radius 2 is 1.36 bits per heavy atom. The number of anilines is 1. The Morgan fingerprint density at radius 1 is 0.760 bits per heavy atom. The first-order chi connectivity index (χ1) is 12.2. The molecule has 0 radical (unpaired) electrons. The van der Waals surface area contributed by atoms with E-state index in [-0.39, 0.29) is 5.78 Å². The van der Waals surface area contributed by atoms with Crippen molar-refractivity contribution in [1.82, 2.24) is 0 Å². The van der Waals surface area contributed by atoms with Crippen molar-refractivity contribution in [3.8, 4) is 0 Å². The van der Waals surface area contributed by atoms with Gasteiger partial charge >= 0.3 is 0 Å². The number of carbonyl (C=O) groups excluding carboxylic acids is 1. The molecular formula is C23H21NO. The van der Waals surface area contributed by atoms with Gasteiger partial charge in [0, 0.05) is 29.7 Å². The van der Waals surface area contributed by atoms with E-state index in [0.717, 1.165) is 24.0 Å². The van der Waals surface area contributed by atoms with Crippen LogP contribution in [-0.4, -0.2) is 18.9 Å². The van der Waals surface area contributed by atoms with Crippen LogP contribution in [-0.2, 0) is 0 Å². The van der Waals surface area contributed by atoms with E-state index < -0.39 is 0 Å². The van der Waals surface area contributed by atoms with E-state index in [0.29, 0.717) is 0 Å². The van der Waals surface area contributed by atoms with Gasteiger partial charge in [0.2, 0.25) is 0 Å². The number of rotatable bonds is 2. The molecule has 1 saturated heterocycles. The van der Waals surface area contributed by atoms with E-state index in [4.69, 9.17) is 0 Å². The molecule has 2 nitrogen and oxygen atoms in total. The third-order valence-electron chi connectivity index (χ3n) is 5.72. The quantitative estimate of drug-likeness (QED) is 0.344. The molecule has 0 aromatic heterocycles.